The lowest BCUT2D eigenvalue weighted by atomic mass is 9.70. The Bertz CT molecular complexity index is 311. The van der Waals surface area contributed by atoms with Crippen LogP contribution in [0.3, 0.4) is 0 Å². The average molecular weight is 254 g/mol. The van der Waals surface area contributed by atoms with Crippen LogP contribution in [0.5, 0.6) is 0 Å². The third-order valence-corrected chi connectivity index (χ3v) is 4.46. The Balaban J connectivity index is 2.30. The van der Waals surface area contributed by atoms with Gasteiger partial charge in [-0.1, -0.05) is 25.7 Å². The van der Waals surface area contributed by atoms with Gasteiger partial charge in [-0.05, 0) is 31.1 Å². The van der Waals surface area contributed by atoms with Crippen molar-refractivity contribution in [3.05, 3.63) is 0 Å². The van der Waals surface area contributed by atoms with Crippen LogP contribution < -0.4 is 0 Å². The zero-order valence-electron chi connectivity index (χ0n) is 11.2. The van der Waals surface area contributed by atoms with Gasteiger partial charge in [-0.25, -0.2) is 0 Å². The fraction of sp³-hybridized carbons (Fsp3) is 0.857. The van der Waals surface area contributed by atoms with E-state index in [9.17, 15) is 9.59 Å². The third kappa shape index (κ3) is 2.25. The quantitative estimate of drug-likeness (QED) is 0.558. The van der Waals surface area contributed by atoms with Crippen molar-refractivity contribution in [2.24, 2.45) is 17.3 Å². The number of methoxy groups -OCH3 is 2. The van der Waals surface area contributed by atoms with Crippen molar-refractivity contribution in [1.82, 2.24) is 0 Å². The molecule has 0 aliphatic heterocycles. The topological polar surface area (TPSA) is 52.6 Å². The molecule has 0 N–H and O–H groups in total. The van der Waals surface area contributed by atoms with Crippen molar-refractivity contribution >= 4 is 11.9 Å². The molecule has 0 bridgehead atoms. The maximum atomic E-state index is 12.3. The van der Waals surface area contributed by atoms with E-state index in [-0.39, 0.29) is 5.92 Å². The van der Waals surface area contributed by atoms with Gasteiger partial charge >= 0.3 is 11.9 Å². The van der Waals surface area contributed by atoms with Gasteiger partial charge in [0.25, 0.3) is 0 Å². The predicted molar refractivity (Wildman–Crippen MR) is 65.8 cm³/mol. The summed E-state index contributed by atoms with van der Waals surface area (Å²) < 4.78 is 9.88. The molecule has 0 aromatic rings. The maximum absolute atomic E-state index is 12.3. The lowest BCUT2D eigenvalue weighted by molar-refractivity contribution is -0.175. The minimum Gasteiger partial charge on any atom is -0.468 e. The molecule has 0 amide bonds. The van der Waals surface area contributed by atoms with Crippen molar-refractivity contribution in [3.63, 3.8) is 0 Å². The highest BCUT2D eigenvalue weighted by atomic mass is 16.5. The van der Waals surface area contributed by atoms with Gasteiger partial charge < -0.3 is 9.47 Å². The molecular formula is C14H22O4. The highest BCUT2D eigenvalue weighted by molar-refractivity contribution is 6.00. The van der Waals surface area contributed by atoms with Gasteiger partial charge in [-0.2, -0.15) is 0 Å². The van der Waals surface area contributed by atoms with Crippen LogP contribution in [-0.2, 0) is 19.1 Å². The first-order valence-corrected chi connectivity index (χ1v) is 6.82. The zero-order valence-corrected chi connectivity index (χ0v) is 11.2. The number of esters is 2. The first kappa shape index (κ1) is 13.4. The first-order valence-electron chi connectivity index (χ1n) is 6.82. The second kappa shape index (κ2) is 5.29. The van der Waals surface area contributed by atoms with E-state index in [1.54, 1.807) is 0 Å². The maximum Gasteiger partial charge on any atom is 0.323 e. The molecule has 0 saturated heterocycles. The number of hydrogen-bond donors (Lipinski definition) is 0. The van der Waals surface area contributed by atoms with Gasteiger partial charge in [0.2, 0.25) is 0 Å². The highest BCUT2D eigenvalue weighted by Crippen LogP contribution is 2.50. The summed E-state index contributed by atoms with van der Waals surface area (Å²) in [6, 6.07) is 0. The van der Waals surface area contributed by atoms with E-state index in [1.807, 2.05) is 0 Å². The normalized spacial score (nSPS) is 20.8. The van der Waals surface area contributed by atoms with Crippen LogP contribution in [0.15, 0.2) is 0 Å². The van der Waals surface area contributed by atoms with E-state index >= 15 is 0 Å². The molecule has 0 atom stereocenters. The summed E-state index contributed by atoms with van der Waals surface area (Å²) in [4.78, 5) is 24.5. The summed E-state index contributed by atoms with van der Waals surface area (Å²) in [5, 5.41) is 0. The molecule has 2 saturated carbocycles. The minimum atomic E-state index is -1.04. The Morgan fingerprint density at radius 1 is 1.00 bits per heavy atom. The van der Waals surface area contributed by atoms with Crippen LogP contribution in [0, 0.1) is 17.3 Å². The van der Waals surface area contributed by atoms with E-state index < -0.39 is 17.4 Å². The molecule has 4 nitrogen and oxygen atoms in total. The summed E-state index contributed by atoms with van der Waals surface area (Å²) in [6.07, 6.45) is 6.87. The van der Waals surface area contributed by atoms with Crippen LogP contribution in [-0.4, -0.2) is 26.2 Å². The lowest BCUT2D eigenvalue weighted by Gasteiger charge is -2.33. The fourth-order valence-corrected chi connectivity index (χ4v) is 3.31. The number of ether oxygens (including phenoxy) is 2. The van der Waals surface area contributed by atoms with E-state index in [2.05, 4.69) is 0 Å². The van der Waals surface area contributed by atoms with Gasteiger partial charge in [0.15, 0.2) is 5.41 Å². The molecule has 2 fully saturated rings. The highest BCUT2D eigenvalue weighted by Gasteiger charge is 2.56. The smallest absolute Gasteiger partial charge is 0.323 e. The molecule has 102 valence electrons. The predicted octanol–water partition coefficient (Wildman–Crippen LogP) is 2.31. The van der Waals surface area contributed by atoms with Gasteiger partial charge in [-0.3, -0.25) is 9.59 Å². The van der Waals surface area contributed by atoms with Crippen LogP contribution in [0.2, 0.25) is 0 Å². The van der Waals surface area contributed by atoms with Crippen molar-refractivity contribution < 1.29 is 19.1 Å². The molecule has 0 aromatic heterocycles. The van der Waals surface area contributed by atoms with Gasteiger partial charge in [0, 0.05) is 0 Å². The minimum absolute atomic E-state index is 0.0954. The number of rotatable bonds is 5. The Morgan fingerprint density at radius 3 is 1.89 bits per heavy atom. The van der Waals surface area contributed by atoms with E-state index in [1.165, 1.54) is 14.2 Å². The second-order valence-electron chi connectivity index (χ2n) is 5.58. The van der Waals surface area contributed by atoms with Crippen LogP contribution in [0.4, 0.5) is 0 Å². The Hall–Kier alpha value is -1.06. The zero-order chi connectivity index (χ0) is 13.2. The second-order valence-corrected chi connectivity index (χ2v) is 5.58. The summed E-state index contributed by atoms with van der Waals surface area (Å²) in [6.45, 7) is 0. The Morgan fingerprint density at radius 2 is 1.50 bits per heavy atom. The molecule has 0 unspecified atom stereocenters. The fourth-order valence-electron chi connectivity index (χ4n) is 3.31. The van der Waals surface area contributed by atoms with Gasteiger partial charge in [0.05, 0.1) is 14.2 Å². The van der Waals surface area contributed by atoms with E-state index in [0.717, 1.165) is 38.5 Å². The monoisotopic (exact) mass is 254 g/mol. The number of hydrogen-bond acceptors (Lipinski definition) is 4. The van der Waals surface area contributed by atoms with Crippen LogP contribution in [0.1, 0.15) is 44.9 Å². The molecule has 2 aliphatic carbocycles. The van der Waals surface area contributed by atoms with Gasteiger partial charge in [-0.15, -0.1) is 0 Å². The number of carbonyl (C=O) groups excluding carboxylic acids is 2. The molecular weight excluding hydrogens is 232 g/mol. The number of carbonyl (C=O) groups is 2. The molecule has 2 aliphatic rings. The third-order valence-electron chi connectivity index (χ3n) is 4.46. The van der Waals surface area contributed by atoms with Crippen molar-refractivity contribution in [2.45, 2.75) is 44.9 Å². The molecule has 0 heterocycles. The summed E-state index contributed by atoms with van der Waals surface area (Å²) in [5.74, 6) is -0.205. The first-order chi connectivity index (χ1) is 8.65. The van der Waals surface area contributed by atoms with Crippen LogP contribution in [0.25, 0.3) is 0 Å². The molecule has 2 rings (SSSR count). The summed E-state index contributed by atoms with van der Waals surface area (Å²) in [7, 11) is 2.73. The summed E-state index contributed by atoms with van der Waals surface area (Å²) >= 11 is 0. The van der Waals surface area contributed by atoms with Crippen molar-refractivity contribution in [3.8, 4) is 0 Å². The van der Waals surface area contributed by atoms with E-state index in [4.69, 9.17) is 9.47 Å². The largest absolute Gasteiger partial charge is 0.468 e. The summed E-state index contributed by atoms with van der Waals surface area (Å²) in [5.41, 5.74) is -1.04. The Labute approximate surface area is 108 Å². The molecule has 0 aromatic carbocycles. The standard InChI is InChI=1S/C14H22O4/c1-17-12(15)14(13(16)18-2,9-10-7-8-10)11-5-3-4-6-11/h10-11H,3-9H2,1-2H3. The average Bonchev–Trinajstić information content (AvgIpc) is 3.04. The van der Waals surface area contributed by atoms with Crippen molar-refractivity contribution in [1.29, 1.82) is 0 Å². The SMILES string of the molecule is COC(=O)C(CC1CC1)(C(=O)OC)C1CCCC1. The molecule has 18 heavy (non-hydrogen) atoms. The van der Waals surface area contributed by atoms with Crippen molar-refractivity contribution in [2.75, 3.05) is 14.2 Å². The Kier molecular flexibility index (Phi) is 3.93. The molecule has 4 heteroatoms. The lowest BCUT2D eigenvalue weighted by Crippen LogP contribution is -2.47. The van der Waals surface area contributed by atoms with Crippen LogP contribution >= 0.6 is 0 Å². The molecule has 0 spiro atoms. The molecule has 0 radical (unpaired) electrons. The van der Waals surface area contributed by atoms with E-state index in [0.29, 0.717) is 12.3 Å². The van der Waals surface area contributed by atoms with Gasteiger partial charge in [0.1, 0.15) is 0 Å².